The Morgan fingerprint density at radius 3 is 2.10 bits per heavy atom. The number of benzene rings is 2. The van der Waals surface area contributed by atoms with E-state index in [9.17, 15) is 18.0 Å². The van der Waals surface area contributed by atoms with Gasteiger partial charge in [0, 0.05) is 30.7 Å². The minimum absolute atomic E-state index is 0.0111. The monoisotopic (exact) mass is 438 g/mol. The Kier molecular flexibility index (Phi) is 6.66. The van der Waals surface area contributed by atoms with Crippen LogP contribution in [0.2, 0.25) is 0 Å². The third-order valence-electron chi connectivity index (χ3n) is 4.32. The molecule has 160 valence electrons. The Morgan fingerprint density at radius 2 is 1.55 bits per heavy atom. The lowest BCUT2D eigenvalue weighted by Gasteiger charge is -2.24. The third-order valence-corrected chi connectivity index (χ3v) is 6.08. The zero-order chi connectivity index (χ0) is 22.4. The molecule has 31 heavy (non-hydrogen) atoms. The quantitative estimate of drug-likeness (QED) is 0.589. The maximum atomic E-state index is 13.2. The van der Waals surface area contributed by atoms with E-state index in [4.69, 9.17) is 0 Å². The highest BCUT2D eigenvalue weighted by Gasteiger charge is 2.27. The van der Waals surface area contributed by atoms with Gasteiger partial charge in [0.15, 0.2) is 0 Å². The molecule has 2 N–H and O–H groups in total. The Hall–Kier alpha value is -3.72. The molecule has 0 aliphatic rings. The van der Waals surface area contributed by atoms with Gasteiger partial charge in [0.2, 0.25) is 11.8 Å². The molecule has 3 aromatic rings. The summed E-state index contributed by atoms with van der Waals surface area (Å²) in [5.74, 6) is -0.716. The van der Waals surface area contributed by atoms with Crippen LogP contribution >= 0.6 is 0 Å². The van der Waals surface area contributed by atoms with Crippen molar-refractivity contribution in [1.82, 2.24) is 4.98 Å². The number of nitrogens with one attached hydrogen (secondary N) is 2. The molecule has 0 aliphatic heterocycles. The molecule has 2 amide bonds. The predicted molar refractivity (Wildman–Crippen MR) is 119 cm³/mol. The molecule has 1 heterocycles. The van der Waals surface area contributed by atoms with E-state index in [1.165, 1.54) is 31.5 Å². The first-order valence-corrected chi connectivity index (χ1v) is 10.9. The number of sulfonamides is 1. The van der Waals surface area contributed by atoms with Crippen molar-refractivity contribution in [2.24, 2.45) is 0 Å². The van der Waals surface area contributed by atoms with Crippen LogP contribution in [-0.2, 0) is 19.6 Å². The highest BCUT2D eigenvalue weighted by Crippen LogP contribution is 2.24. The van der Waals surface area contributed by atoms with Crippen molar-refractivity contribution in [3.8, 4) is 0 Å². The zero-order valence-electron chi connectivity index (χ0n) is 17.1. The van der Waals surface area contributed by atoms with Crippen molar-refractivity contribution < 1.29 is 18.0 Å². The third kappa shape index (κ3) is 5.67. The SMILES string of the molecule is CC(=O)Nc1ccc(NC(=O)CN(c2ccc(C)cc2)S(=O)(=O)c2cccnc2)cc1. The molecule has 0 bridgehead atoms. The lowest BCUT2D eigenvalue weighted by molar-refractivity contribution is -0.115. The van der Waals surface area contributed by atoms with Gasteiger partial charge in [-0.25, -0.2) is 8.42 Å². The molecule has 0 aliphatic carbocycles. The van der Waals surface area contributed by atoms with Crippen molar-refractivity contribution in [2.45, 2.75) is 18.7 Å². The second-order valence-electron chi connectivity index (χ2n) is 6.84. The molecule has 0 atom stereocenters. The molecule has 0 fully saturated rings. The average Bonchev–Trinajstić information content (AvgIpc) is 2.74. The van der Waals surface area contributed by atoms with Gasteiger partial charge < -0.3 is 10.6 Å². The van der Waals surface area contributed by atoms with E-state index in [1.54, 1.807) is 48.5 Å². The number of amides is 2. The summed E-state index contributed by atoms with van der Waals surface area (Å²) in [6.45, 7) is 2.87. The number of anilines is 3. The van der Waals surface area contributed by atoms with E-state index in [2.05, 4.69) is 15.6 Å². The summed E-state index contributed by atoms with van der Waals surface area (Å²) in [7, 11) is -4.01. The maximum absolute atomic E-state index is 13.2. The van der Waals surface area contributed by atoms with E-state index in [0.717, 1.165) is 9.87 Å². The van der Waals surface area contributed by atoms with E-state index in [-0.39, 0.29) is 10.8 Å². The molecular formula is C22H22N4O4S. The van der Waals surface area contributed by atoms with Crippen LogP contribution in [-0.4, -0.2) is 31.8 Å². The first-order chi connectivity index (χ1) is 14.8. The fourth-order valence-electron chi connectivity index (χ4n) is 2.82. The molecule has 9 heteroatoms. The van der Waals surface area contributed by atoms with Crippen molar-refractivity contribution >= 4 is 38.9 Å². The van der Waals surface area contributed by atoms with Gasteiger partial charge in [-0.15, -0.1) is 0 Å². The molecule has 1 aromatic heterocycles. The fraction of sp³-hybridized carbons (Fsp3) is 0.136. The van der Waals surface area contributed by atoms with Crippen molar-refractivity contribution in [3.05, 3.63) is 78.6 Å². The zero-order valence-corrected chi connectivity index (χ0v) is 17.9. The summed E-state index contributed by atoms with van der Waals surface area (Å²) in [6, 6.07) is 16.3. The molecule has 2 aromatic carbocycles. The molecular weight excluding hydrogens is 416 g/mol. The molecule has 0 unspecified atom stereocenters. The normalized spacial score (nSPS) is 10.9. The van der Waals surface area contributed by atoms with Crippen LogP contribution in [0, 0.1) is 6.92 Å². The topological polar surface area (TPSA) is 108 Å². The number of aromatic nitrogens is 1. The number of hydrogen-bond donors (Lipinski definition) is 2. The first-order valence-electron chi connectivity index (χ1n) is 9.42. The first kappa shape index (κ1) is 22.0. The lowest BCUT2D eigenvalue weighted by atomic mass is 10.2. The van der Waals surface area contributed by atoms with Gasteiger partial charge in [-0.05, 0) is 55.5 Å². The van der Waals surface area contributed by atoms with Gasteiger partial charge >= 0.3 is 0 Å². The van der Waals surface area contributed by atoms with Crippen LogP contribution in [0.5, 0.6) is 0 Å². The van der Waals surface area contributed by atoms with Crippen molar-refractivity contribution in [3.63, 3.8) is 0 Å². The summed E-state index contributed by atoms with van der Waals surface area (Å²) in [5, 5.41) is 5.32. The minimum Gasteiger partial charge on any atom is -0.326 e. The van der Waals surface area contributed by atoms with E-state index in [0.29, 0.717) is 17.1 Å². The van der Waals surface area contributed by atoms with Gasteiger partial charge in [-0.3, -0.25) is 18.9 Å². The fourth-order valence-corrected chi connectivity index (χ4v) is 4.21. The maximum Gasteiger partial charge on any atom is 0.266 e. The van der Waals surface area contributed by atoms with Gasteiger partial charge in [-0.1, -0.05) is 17.7 Å². The van der Waals surface area contributed by atoms with Gasteiger partial charge in [0.05, 0.1) is 5.69 Å². The summed E-state index contributed by atoms with van der Waals surface area (Å²) < 4.78 is 27.5. The minimum atomic E-state index is -4.01. The van der Waals surface area contributed by atoms with Crippen LogP contribution in [0.25, 0.3) is 0 Å². The largest absolute Gasteiger partial charge is 0.326 e. The van der Waals surface area contributed by atoms with E-state index >= 15 is 0 Å². The number of carbonyl (C=O) groups excluding carboxylic acids is 2. The average molecular weight is 439 g/mol. The second-order valence-corrected chi connectivity index (χ2v) is 8.70. The van der Waals surface area contributed by atoms with Crippen LogP contribution in [0.3, 0.4) is 0 Å². The van der Waals surface area contributed by atoms with Crippen LogP contribution in [0.15, 0.2) is 78.0 Å². The van der Waals surface area contributed by atoms with Crippen molar-refractivity contribution in [2.75, 3.05) is 21.5 Å². The number of pyridine rings is 1. The Labute approximate surface area is 181 Å². The standard InChI is InChI=1S/C22H22N4O4S/c1-16-5-11-20(12-6-16)26(31(29,30)21-4-3-13-23-14-21)15-22(28)25-19-9-7-18(8-10-19)24-17(2)27/h3-14H,15H2,1-2H3,(H,24,27)(H,25,28). The number of carbonyl (C=O) groups is 2. The summed E-state index contributed by atoms with van der Waals surface area (Å²) >= 11 is 0. The van der Waals surface area contributed by atoms with E-state index < -0.39 is 22.5 Å². The highest BCUT2D eigenvalue weighted by atomic mass is 32.2. The molecule has 0 saturated carbocycles. The Bertz CT molecular complexity index is 1160. The lowest BCUT2D eigenvalue weighted by Crippen LogP contribution is -2.38. The van der Waals surface area contributed by atoms with Gasteiger partial charge in [-0.2, -0.15) is 0 Å². The van der Waals surface area contributed by atoms with E-state index in [1.807, 2.05) is 6.92 Å². The highest BCUT2D eigenvalue weighted by molar-refractivity contribution is 7.92. The molecule has 8 nitrogen and oxygen atoms in total. The Balaban J connectivity index is 1.84. The molecule has 0 spiro atoms. The number of nitrogens with zero attached hydrogens (tertiary/aromatic N) is 2. The second kappa shape index (κ2) is 9.40. The number of rotatable bonds is 7. The smallest absolute Gasteiger partial charge is 0.266 e. The number of aryl methyl sites for hydroxylation is 1. The summed E-state index contributed by atoms with van der Waals surface area (Å²) in [4.78, 5) is 27.7. The summed E-state index contributed by atoms with van der Waals surface area (Å²) in [6.07, 6.45) is 2.72. The molecule has 0 saturated heterocycles. The summed E-state index contributed by atoms with van der Waals surface area (Å²) in [5.41, 5.74) is 2.39. The van der Waals surface area contributed by atoms with Crippen LogP contribution < -0.4 is 14.9 Å². The van der Waals surface area contributed by atoms with Crippen molar-refractivity contribution in [1.29, 1.82) is 0 Å². The molecule has 0 radical (unpaired) electrons. The molecule has 3 rings (SSSR count). The Morgan fingerprint density at radius 1 is 0.935 bits per heavy atom. The number of hydrogen-bond acceptors (Lipinski definition) is 5. The van der Waals surface area contributed by atoms with Crippen LogP contribution in [0.4, 0.5) is 17.1 Å². The van der Waals surface area contributed by atoms with Crippen LogP contribution in [0.1, 0.15) is 12.5 Å². The van der Waals surface area contributed by atoms with Gasteiger partial charge in [0.25, 0.3) is 10.0 Å². The van der Waals surface area contributed by atoms with Gasteiger partial charge in [0.1, 0.15) is 11.4 Å². The predicted octanol–water partition coefficient (Wildman–Crippen LogP) is 3.18.